The molecule has 3 rings (SSSR count). The number of carbonyl (C=O) groups is 3. The molecule has 0 unspecified atom stereocenters. The van der Waals surface area contributed by atoms with E-state index >= 15 is 0 Å². The maximum atomic E-state index is 13.2. The molecule has 1 saturated heterocycles. The molecule has 7 nitrogen and oxygen atoms in total. The van der Waals surface area contributed by atoms with Gasteiger partial charge in [0.1, 0.15) is 12.2 Å². The number of amides is 4. The van der Waals surface area contributed by atoms with Crippen LogP contribution in [0, 0.1) is 12.3 Å². The minimum Gasteiger partial charge on any atom is -0.490 e. The van der Waals surface area contributed by atoms with Gasteiger partial charge in [-0.3, -0.25) is 14.9 Å². The summed E-state index contributed by atoms with van der Waals surface area (Å²) in [6, 6.07) is 9.31. The molecule has 0 atom stereocenters. The van der Waals surface area contributed by atoms with Crippen LogP contribution in [0.15, 0.2) is 42.0 Å². The summed E-state index contributed by atoms with van der Waals surface area (Å²) in [5.41, 5.74) is 1.41. The zero-order valence-electron chi connectivity index (χ0n) is 17.6. The van der Waals surface area contributed by atoms with Crippen molar-refractivity contribution in [1.82, 2.24) is 5.32 Å². The van der Waals surface area contributed by atoms with Crippen LogP contribution >= 0.6 is 11.6 Å². The summed E-state index contributed by atoms with van der Waals surface area (Å²) >= 11 is 6.33. The van der Waals surface area contributed by atoms with Crippen LogP contribution in [0.4, 0.5) is 10.5 Å². The molecule has 0 spiro atoms. The summed E-state index contributed by atoms with van der Waals surface area (Å²) in [6.45, 7) is 4.03. The lowest BCUT2D eigenvalue weighted by Crippen LogP contribution is -2.54. The predicted molar refractivity (Wildman–Crippen MR) is 122 cm³/mol. The van der Waals surface area contributed by atoms with Gasteiger partial charge >= 0.3 is 6.03 Å². The number of anilines is 1. The Labute approximate surface area is 190 Å². The highest BCUT2D eigenvalue weighted by Crippen LogP contribution is 2.37. The number of ether oxygens (including phenoxy) is 2. The molecule has 0 aliphatic carbocycles. The Hall–Kier alpha value is -3.76. The second kappa shape index (κ2) is 10.0. The second-order valence-corrected chi connectivity index (χ2v) is 7.10. The topological polar surface area (TPSA) is 84.9 Å². The van der Waals surface area contributed by atoms with Crippen LogP contribution in [-0.2, 0) is 16.0 Å². The summed E-state index contributed by atoms with van der Waals surface area (Å²) in [6.07, 6.45) is 7.20. The fraction of sp³-hybridized carbons (Fsp3) is 0.208. The summed E-state index contributed by atoms with van der Waals surface area (Å²) in [5.74, 6) is 1.40. The van der Waals surface area contributed by atoms with E-state index in [-0.39, 0.29) is 23.0 Å². The van der Waals surface area contributed by atoms with Gasteiger partial charge in [-0.2, -0.15) is 0 Å². The normalized spacial score (nSPS) is 14.9. The Morgan fingerprint density at radius 3 is 2.59 bits per heavy atom. The molecule has 0 saturated carbocycles. The van der Waals surface area contributed by atoms with Gasteiger partial charge in [-0.25, -0.2) is 9.69 Å². The van der Waals surface area contributed by atoms with Gasteiger partial charge in [-0.05, 0) is 48.7 Å². The number of carbonyl (C=O) groups excluding carboxylic acids is 3. The van der Waals surface area contributed by atoms with E-state index in [0.29, 0.717) is 30.0 Å². The van der Waals surface area contributed by atoms with Gasteiger partial charge in [0.2, 0.25) is 0 Å². The first-order chi connectivity index (χ1) is 15.4. The third kappa shape index (κ3) is 4.61. The largest absolute Gasteiger partial charge is 0.490 e. The first-order valence-electron chi connectivity index (χ1n) is 9.93. The Bertz CT molecular complexity index is 1150. The van der Waals surface area contributed by atoms with E-state index in [2.05, 4.69) is 11.2 Å². The Morgan fingerprint density at radius 1 is 1.16 bits per heavy atom. The SMILES string of the molecule is C#CCOc1c(Cl)cc(/C=C2/C(=O)NC(=O)N(c3ccccc3CC)C2=O)cc1OCC. The van der Waals surface area contributed by atoms with Crippen LogP contribution < -0.4 is 19.7 Å². The van der Waals surface area contributed by atoms with Crippen LogP contribution in [-0.4, -0.2) is 31.1 Å². The number of para-hydroxylation sites is 1. The number of benzene rings is 2. The van der Waals surface area contributed by atoms with Crippen molar-refractivity contribution in [2.45, 2.75) is 20.3 Å². The molecule has 2 aromatic carbocycles. The highest BCUT2D eigenvalue weighted by molar-refractivity contribution is 6.39. The third-order valence-corrected chi connectivity index (χ3v) is 4.94. The number of nitrogens with zero attached hydrogens (tertiary/aromatic N) is 1. The Morgan fingerprint density at radius 2 is 1.91 bits per heavy atom. The molecule has 32 heavy (non-hydrogen) atoms. The smallest absolute Gasteiger partial charge is 0.335 e. The fourth-order valence-electron chi connectivity index (χ4n) is 3.26. The quantitative estimate of drug-likeness (QED) is 0.390. The van der Waals surface area contributed by atoms with E-state index in [4.69, 9.17) is 27.5 Å². The fourth-order valence-corrected chi connectivity index (χ4v) is 3.53. The molecule has 1 heterocycles. The number of halogens is 1. The van der Waals surface area contributed by atoms with Gasteiger partial charge in [0.05, 0.1) is 17.3 Å². The minimum atomic E-state index is -0.802. The van der Waals surface area contributed by atoms with Crippen LogP contribution in [0.5, 0.6) is 11.5 Å². The first-order valence-corrected chi connectivity index (χ1v) is 10.3. The number of nitrogens with one attached hydrogen (secondary N) is 1. The number of terminal acetylenes is 1. The molecule has 1 fully saturated rings. The van der Waals surface area contributed by atoms with Crippen molar-refractivity contribution >= 4 is 41.2 Å². The summed E-state index contributed by atoms with van der Waals surface area (Å²) in [4.78, 5) is 39.1. The number of imide groups is 2. The number of hydrogen-bond donors (Lipinski definition) is 1. The number of hydrogen-bond acceptors (Lipinski definition) is 5. The van der Waals surface area contributed by atoms with Gasteiger partial charge < -0.3 is 9.47 Å². The minimum absolute atomic E-state index is 0.00493. The molecule has 0 radical (unpaired) electrons. The monoisotopic (exact) mass is 452 g/mol. The number of barbiturate groups is 1. The molecular formula is C24H21ClN2O5. The van der Waals surface area contributed by atoms with E-state index in [0.717, 1.165) is 10.5 Å². The average Bonchev–Trinajstić information content (AvgIpc) is 2.76. The molecule has 0 aromatic heterocycles. The molecule has 1 aliphatic heterocycles. The molecule has 8 heteroatoms. The van der Waals surface area contributed by atoms with E-state index in [1.54, 1.807) is 25.1 Å². The second-order valence-electron chi connectivity index (χ2n) is 6.70. The average molecular weight is 453 g/mol. The van der Waals surface area contributed by atoms with Crippen molar-refractivity contribution < 1.29 is 23.9 Å². The zero-order valence-corrected chi connectivity index (χ0v) is 18.4. The van der Waals surface area contributed by atoms with Crippen LogP contribution in [0.3, 0.4) is 0 Å². The Balaban J connectivity index is 2.05. The standard InChI is InChI=1S/C24H21ClN2O5/c1-4-11-32-21-18(25)13-15(14-20(21)31-6-3)12-17-22(28)26-24(30)27(23(17)29)19-10-8-7-9-16(19)5-2/h1,7-10,12-14H,5-6,11H2,2-3H3,(H,26,28,30)/b17-12-. The van der Waals surface area contributed by atoms with Gasteiger partial charge in [0, 0.05) is 0 Å². The molecule has 1 N–H and O–H groups in total. The molecule has 4 amide bonds. The van der Waals surface area contributed by atoms with E-state index < -0.39 is 17.8 Å². The molecule has 164 valence electrons. The lowest BCUT2D eigenvalue weighted by molar-refractivity contribution is -0.122. The van der Waals surface area contributed by atoms with Crippen molar-refractivity contribution in [2.24, 2.45) is 0 Å². The van der Waals surface area contributed by atoms with E-state index in [1.165, 1.54) is 12.1 Å². The molecular weight excluding hydrogens is 432 g/mol. The van der Waals surface area contributed by atoms with Crippen LogP contribution in [0.25, 0.3) is 6.08 Å². The van der Waals surface area contributed by atoms with E-state index in [9.17, 15) is 14.4 Å². The lowest BCUT2D eigenvalue weighted by atomic mass is 10.0. The first kappa shape index (κ1) is 22.9. The summed E-state index contributed by atoms with van der Waals surface area (Å²) in [5, 5.41) is 2.42. The zero-order chi connectivity index (χ0) is 23.3. The van der Waals surface area contributed by atoms with Gasteiger partial charge in [-0.15, -0.1) is 6.42 Å². The van der Waals surface area contributed by atoms with Crippen molar-refractivity contribution in [2.75, 3.05) is 18.1 Å². The molecule has 0 bridgehead atoms. The van der Waals surface area contributed by atoms with Crippen molar-refractivity contribution in [3.63, 3.8) is 0 Å². The van der Waals surface area contributed by atoms with Crippen molar-refractivity contribution in [1.29, 1.82) is 0 Å². The van der Waals surface area contributed by atoms with Crippen molar-refractivity contribution in [3.8, 4) is 23.8 Å². The number of urea groups is 1. The number of aryl methyl sites for hydroxylation is 1. The van der Waals surface area contributed by atoms with Gasteiger partial charge in [0.15, 0.2) is 11.5 Å². The van der Waals surface area contributed by atoms with E-state index in [1.807, 2.05) is 19.1 Å². The number of rotatable bonds is 7. The Kier molecular flexibility index (Phi) is 7.18. The van der Waals surface area contributed by atoms with Crippen LogP contribution in [0.1, 0.15) is 25.0 Å². The lowest BCUT2D eigenvalue weighted by Gasteiger charge is -2.28. The third-order valence-electron chi connectivity index (χ3n) is 4.66. The highest BCUT2D eigenvalue weighted by atomic mass is 35.5. The molecule has 2 aromatic rings. The molecule has 1 aliphatic rings. The highest BCUT2D eigenvalue weighted by Gasteiger charge is 2.37. The van der Waals surface area contributed by atoms with Gasteiger partial charge in [0.25, 0.3) is 11.8 Å². The maximum Gasteiger partial charge on any atom is 0.335 e. The summed E-state index contributed by atoms with van der Waals surface area (Å²) in [7, 11) is 0. The van der Waals surface area contributed by atoms with Crippen molar-refractivity contribution in [3.05, 3.63) is 58.1 Å². The van der Waals surface area contributed by atoms with Gasteiger partial charge in [-0.1, -0.05) is 42.6 Å². The summed E-state index contributed by atoms with van der Waals surface area (Å²) < 4.78 is 11.0. The predicted octanol–water partition coefficient (Wildman–Crippen LogP) is 3.98. The maximum absolute atomic E-state index is 13.2. The van der Waals surface area contributed by atoms with Crippen LogP contribution in [0.2, 0.25) is 5.02 Å².